The van der Waals surface area contributed by atoms with E-state index < -0.39 is 23.0 Å². The van der Waals surface area contributed by atoms with E-state index in [2.05, 4.69) is 39.0 Å². The molecule has 1 aromatic heterocycles. The number of esters is 2. The fourth-order valence-electron chi connectivity index (χ4n) is 2.47. The van der Waals surface area contributed by atoms with E-state index in [4.69, 9.17) is 39.5 Å². The Morgan fingerprint density at radius 1 is 1.05 bits per heavy atom. The minimum atomic E-state index is -0.692. The van der Waals surface area contributed by atoms with E-state index in [0.29, 0.717) is 11.5 Å². The molecular formula is C24H38BrCl3O10. The lowest BCUT2D eigenvalue weighted by Gasteiger charge is -2.21. The molecule has 0 spiro atoms. The van der Waals surface area contributed by atoms with Gasteiger partial charge < -0.3 is 27.8 Å². The first-order valence-electron chi connectivity index (χ1n) is 11.7. The topological polar surface area (TPSA) is 131 Å². The van der Waals surface area contributed by atoms with Gasteiger partial charge in [-0.2, -0.15) is 0 Å². The van der Waals surface area contributed by atoms with Crippen LogP contribution >= 0.6 is 50.7 Å². The molecule has 0 aliphatic heterocycles. The van der Waals surface area contributed by atoms with Crippen molar-refractivity contribution in [2.75, 3.05) is 6.07 Å². The number of ether oxygens (including phenoxy) is 4. The molecule has 2 atom stereocenters. The molecular weight excluding hydrogens is 635 g/mol. The van der Waals surface area contributed by atoms with Crippen LogP contribution in [0.5, 0.6) is 0 Å². The Bertz CT molecular complexity index is 856. The SMILES string of the molecule is CC(=O)OC(C)Br.CC(C)(C)C(=O)OCCl.CC(Cl)OC(=O)OC1CCCCC1.Cc1oc(=O)oc1CCl. The number of carbonyl (C=O) groups excluding carboxylic acids is 3. The third kappa shape index (κ3) is 22.5. The second-order valence-electron chi connectivity index (χ2n) is 8.80. The summed E-state index contributed by atoms with van der Waals surface area (Å²) in [6.45, 7) is 11.7. The second-order valence-corrected chi connectivity index (χ2v) is 11.2. The van der Waals surface area contributed by atoms with E-state index >= 15 is 0 Å². The fourth-order valence-corrected chi connectivity index (χ4v) is 3.15. The predicted molar refractivity (Wildman–Crippen MR) is 148 cm³/mol. The molecule has 0 N–H and O–H groups in total. The maximum atomic E-state index is 11.0. The van der Waals surface area contributed by atoms with Crippen LogP contribution in [0.3, 0.4) is 0 Å². The summed E-state index contributed by atoms with van der Waals surface area (Å²) >= 11 is 19.0. The number of alkyl halides is 4. The highest BCUT2D eigenvalue weighted by molar-refractivity contribution is 9.09. The molecule has 1 aromatic rings. The maximum Gasteiger partial charge on any atom is 0.519 e. The van der Waals surface area contributed by atoms with Gasteiger partial charge in [0.1, 0.15) is 11.9 Å². The van der Waals surface area contributed by atoms with Crippen LogP contribution in [0.4, 0.5) is 4.79 Å². The van der Waals surface area contributed by atoms with Crippen LogP contribution in [0.15, 0.2) is 13.6 Å². The summed E-state index contributed by atoms with van der Waals surface area (Å²) in [5.74, 6) is -0.181. The van der Waals surface area contributed by atoms with E-state index in [-0.39, 0.29) is 35.0 Å². The summed E-state index contributed by atoms with van der Waals surface area (Å²) in [7, 11) is 0. The van der Waals surface area contributed by atoms with Gasteiger partial charge in [-0.1, -0.05) is 29.6 Å². The summed E-state index contributed by atoms with van der Waals surface area (Å²) in [4.78, 5) is 42.0. The smallest absolute Gasteiger partial charge is 0.451 e. The monoisotopic (exact) mass is 670 g/mol. The Labute approximate surface area is 247 Å². The first kappa shape index (κ1) is 38.7. The van der Waals surface area contributed by atoms with Crippen molar-refractivity contribution in [1.82, 2.24) is 0 Å². The van der Waals surface area contributed by atoms with Crippen LogP contribution < -0.4 is 5.82 Å². The van der Waals surface area contributed by atoms with Crippen molar-refractivity contribution in [1.29, 1.82) is 0 Å². The first-order chi connectivity index (χ1) is 17.5. The lowest BCUT2D eigenvalue weighted by molar-refractivity contribution is -0.150. The predicted octanol–water partition coefficient (Wildman–Crippen LogP) is 7.40. The van der Waals surface area contributed by atoms with Gasteiger partial charge in [-0.15, -0.1) is 11.6 Å². The van der Waals surface area contributed by atoms with Crippen LogP contribution in [0.25, 0.3) is 0 Å². The van der Waals surface area contributed by atoms with Crippen molar-refractivity contribution in [3.8, 4) is 0 Å². The van der Waals surface area contributed by atoms with Crippen LogP contribution in [-0.2, 0) is 34.4 Å². The Morgan fingerprint density at radius 3 is 1.87 bits per heavy atom. The second kappa shape index (κ2) is 21.4. The molecule has 1 aliphatic carbocycles. The number of rotatable bonds is 5. The van der Waals surface area contributed by atoms with Crippen molar-refractivity contribution >= 4 is 68.8 Å². The maximum absolute atomic E-state index is 11.0. The van der Waals surface area contributed by atoms with Crippen molar-refractivity contribution in [2.24, 2.45) is 5.41 Å². The van der Waals surface area contributed by atoms with Gasteiger partial charge in [0.15, 0.2) is 22.4 Å². The average Bonchev–Trinajstić information content (AvgIpc) is 3.11. The minimum Gasteiger partial charge on any atom is -0.451 e. The number of hydrogen-bond acceptors (Lipinski definition) is 10. The first-order valence-corrected chi connectivity index (χ1v) is 14.2. The van der Waals surface area contributed by atoms with Gasteiger partial charge in [-0.3, -0.25) is 9.59 Å². The number of carbonyl (C=O) groups is 3. The molecule has 0 amide bonds. The minimum absolute atomic E-state index is 0.0386. The van der Waals surface area contributed by atoms with E-state index in [1.54, 1.807) is 41.5 Å². The van der Waals surface area contributed by atoms with Gasteiger partial charge in [-0.25, -0.2) is 9.59 Å². The lowest BCUT2D eigenvalue weighted by Crippen LogP contribution is -2.22. The molecule has 14 heteroatoms. The number of halogens is 4. The summed E-state index contributed by atoms with van der Waals surface area (Å²) in [5.41, 5.74) is -1.05. The Kier molecular flexibility index (Phi) is 21.8. The Hall–Kier alpha value is -1.43. The highest BCUT2D eigenvalue weighted by Gasteiger charge is 2.22. The Morgan fingerprint density at radius 2 is 1.61 bits per heavy atom. The van der Waals surface area contributed by atoms with Gasteiger partial charge >= 0.3 is 23.9 Å². The Balaban J connectivity index is 0. The van der Waals surface area contributed by atoms with Crippen molar-refractivity contribution < 1.29 is 42.2 Å². The normalized spacial score (nSPS) is 14.5. The third-order valence-electron chi connectivity index (χ3n) is 4.16. The zero-order valence-corrected chi connectivity index (χ0v) is 26.6. The number of aryl methyl sites for hydroxylation is 1. The molecule has 38 heavy (non-hydrogen) atoms. The van der Waals surface area contributed by atoms with Crippen LogP contribution in [-0.4, -0.2) is 40.8 Å². The zero-order chi connectivity index (χ0) is 29.9. The molecule has 222 valence electrons. The molecule has 0 radical (unpaired) electrons. The molecule has 0 aromatic carbocycles. The molecule has 1 heterocycles. The quantitative estimate of drug-likeness (QED) is 0.177. The summed E-state index contributed by atoms with van der Waals surface area (Å²) < 4.78 is 27.8. The van der Waals surface area contributed by atoms with Crippen LogP contribution in [0.1, 0.15) is 85.2 Å². The van der Waals surface area contributed by atoms with E-state index in [9.17, 15) is 19.2 Å². The number of hydrogen-bond donors (Lipinski definition) is 0. The van der Waals surface area contributed by atoms with Crippen molar-refractivity contribution in [3.05, 3.63) is 22.1 Å². The fraction of sp³-hybridized carbons (Fsp3) is 0.750. The van der Waals surface area contributed by atoms with E-state index in [0.717, 1.165) is 25.7 Å². The summed E-state index contributed by atoms with van der Waals surface area (Å²) in [6.07, 6.45) is 4.80. The molecule has 10 nitrogen and oxygen atoms in total. The highest BCUT2D eigenvalue weighted by atomic mass is 79.9. The van der Waals surface area contributed by atoms with Gasteiger partial charge in [0, 0.05) is 6.92 Å². The molecule has 2 rings (SSSR count). The van der Waals surface area contributed by atoms with E-state index in [1.807, 2.05) is 0 Å². The largest absolute Gasteiger partial charge is 0.519 e. The van der Waals surface area contributed by atoms with Gasteiger partial charge in [0.25, 0.3) is 0 Å². The van der Waals surface area contributed by atoms with Crippen LogP contribution in [0.2, 0.25) is 0 Å². The van der Waals surface area contributed by atoms with E-state index in [1.165, 1.54) is 13.3 Å². The van der Waals surface area contributed by atoms with Gasteiger partial charge in [0.2, 0.25) is 0 Å². The molecule has 2 unspecified atom stereocenters. The van der Waals surface area contributed by atoms with Crippen molar-refractivity contribution in [2.45, 2.75) is 103 Å². The molecule has 1 aliphatic rings. The van der Waals surface area contributed by atoms with Gasteiger partial charge in [-0.05, 0) is 83.2 Å². The third-order valence-corrected chi connectivity index (χ3v) is 4.78. The highest BCUT2D eigenvalue weighted by Crippen LogP contribution is 2.21. The molecule has 1 fully saturated rings. The lowest BCUT2D eigenvalue weighted by atomic mass is 9.98. The zero-order valence-electron chi connectivity index (χ0n) is 22.8. The van der Waals surface area contributed by atoms with Gasteiger partial charge in [0.05, 0.1) is 11.3 Å². The summed E-state index contributed by atoms with van der Waals surface area (Å²) in [5, 5.41) is -0.162. The molecule has 0 saturated heterocycles. The van der Waals surface area contributed by atoms with Crippen molar-refractivity contribution in [3.63, 3.8) is 0 Å². The molecule has 0 bridgehead atoms. The average molecular weight is 673 g/mol. The molecule has 1 saturated carbocycles. The van der Waals surface area contributed by atoms with Crippen LogP contribution in [0, 0.1) is 12.3 Å². The standard InChI is InChI=1S/C9H15ClO3.C6H11ClO2.C5H5ClO3.C4H7BrO2/c1-7(10)12-9(11)13-8-5-3-2-4-6-8;1-6(2,3)5(8)9-4-7;1-3-4(2-6)9-5(7)8-3;1-3(5)7-4(2)6/h7-8H,2-6H2,1H3;4H2,1-3H3;2H2,1H3;3H,1-2H3. The summed E-state index contributed by atoms with van der Waals surface area (Å²) in [6, 6.07) is -0.0594.